The maximum Gasteiger partial charge on any atom is 0.317 e. The standard InChI is InChI=1S/C23H33Cl2N5O3/c24-20-4-1-17(11-21(20)25)14-29-9-10-33-19(15-29)13-27-22(31)26-12-16-5-7-30(8-6-16)23(32)28-18-2-3-18/h1,4,11,16,18-19H,2-3,5-10,12-15H2,(H,28,32)(H2,26,27,31)/t19-/m0/s1. The van der Waals surface area contributed by atoms with Crippen molar-refractivity contribution in [2.24, 2.45) is 5.92 Å². The highest BCUT2D eigenvalue weighted by atomic mass is 35.5. The molecular weight excluding hydrogens is 465 g/mol. The van der Waals surface area contributed by atoms with Gasteiger partial charge < -0.3 is 25.6 Å². The first-order valence-electron chi connectivity index (χ1n) is 11.8. The molecule has 1 saturated carbocycles. The first-order chi connectivity index (χ1) is 16.0. The largest absolute Gasteiger partial charge is 0.374 e. The number of piperidine rings is 1. The molecule has 10 heteroatoms. The number of morpholine rings is 1. The maximum atomic E-state index is 12.3. The van der Waals surface area contributed by atoms with Crippen molar-refractivity contribution in [3.05, 3.63) is 33.8 Å². The summed E-state index contributed by atoms with van der Waals surface area (Å²) in [6, 6.07) is 5.96. The smallest absolute Gasteiger partial charge is 0.317 e. The number of ether oxygens (including phenoxy) is 1. The van der Waals surface area contributed by atoms with E-state index in [0.717, 1.165) is 64.0 Å². The molecule has 1 aliphatic carbocycles. The van der Waals surface area contributed by atoms with Gasteiger partial charge in [-0.25, -0.2) is 9.59 Å². The first kappa shape index (κ1) is 24.4. The van der Waals surface area contributed by atoms with Crippen LogP contribution in [0, 0.1) is 5.92 Å². The number of likely N-dealkylation sites (tertiary alicyclic amines) is 1. The number of nitrogens with one attached hydrogen (secondary N) is 3. The second kappa shape index (κ2) is 11.6. The van der Waals surface area contributed by atoms with Gasteiger partial charge in [-0.1, -0.05) is 29.3 Å². The predicted molar refractivity (Wildman–Crippen MR) is 129 cm³/mol. The summed E-state index contributed by atoms with van der Waals surface area (Å²) in [5, 5.41) is 10.1. The van der Waals surface area contributed by atoms with Gasteiger partial charge in [0.15, 0.2) is 0 Å². The molecule has 1 atom stereocenters. The van der Waals surface area contributed by atoms with Crippen LogP contribution in [0.1, 0.15) is 31.2 Å². The zero-order chi connectivity index (χ0) is 23.2. The minimum absolute atomic E-state index is 0.0551. The fourth-order valence-electron chi connectivity index (χ4n) is 4.28. The van der Waals surface area contributed by atoms with Gasteiger partial charge in [-0.2, -0.15) is 0 Å². The first-order valence-corrected chi connectivity index (χ1v) is 12.6. The van der Waals surface area contributed by atoms with Crippen molar-refractivity contribution in [2.45, 2.75) is 44.4 Å². The van der Waals surface area contributed by atoms with Gasteiger partial charge in [-0.05, 0) is 49.3 Å². The maximum absolute atomic E-state index is 12.3. The summed E-state index contributed by atoms with van der Waals surface area (Å²) in [5.41, 5.74) is 1.10. The van der Waals surface area contributed by atoms with Crippen LogP contribution in [0.4, 0.5) is 9.59 Å². The Kier molecular flexibility index (Phi) is 8.57. The molecule has 2 heterocycles. The van der Waals surface area contributed by atoms with E-state index >= 15 is 0 Å². The molecule has 3 fully saturated rings. The fourth-order valence-corrected chi connectivity index (χ4v) is 4.60. The quantitative estimate of drug-likeness (QED) is 0.540. The monoisotopic (exact) mass is 497 g/mol. The van der Waals surface area contributed by atoms with Crippen molar-refractivity contribution in [2.75, 3.05) is 45.9 Å². The predicted octanol–water partition coefficient (Wildman–Crippen LogP) is 3.08. The zero-order valence-corrected chi connectivity index (χ0v) is 20.3. The van der Waals surface area contributed by atoms with Gasteiger partial charge in [0, 0.05) is 51.9 Å². The Balaban J connectivity index is 1.10. The van der Waals surface area contributed by atoms with Crippen LogP contribution in [0.25, 0.3) is 0 Å². The van der Waals surface area contributed by atoms with E-state index in [4.69, 9.17) is 27.9 Å². The Morgan fingerprint density at radius 1 is 1.00 bits per heavy atom. The average Bonchev–Trinajstić information content (AvgIpc) is 3.63. The van der Waals surface area contributed by atoms with Gasteiger partial charge in [0.1, 0.15) is 0 Å². The molecule has 33 heavy (non-hydrogen) atoms. The van der Waals surface area contributed by atoms with Crippen LogP contribution in [0.5, 0.6) is 0 Å². The molecule has 0 spiro atoms. The van der Waals surface area contributed by atoms with Crippen molar-refractivity contribution >= 4 is 35.3 Å². The minimum atomic E-state index is -0.172. The van der Waals surface area contributed by atoms with Crippen molar-refractivity contribution < 1.29 is 14.3 Å². The molecule has 4 amide bonds. The van der Waals surface area contributed by atoms with Gasteiger partial charge in [-0.15, -0.1) is 0 Å². The third kappa shape index (κ3) is 7.64. The normalized spacial score (nSPS) is 22.1. The van der Waals surface area contributed by atoms with Crippen molar-refractivity contribution in [1.82, 2.24) is 25.8 Å². The lowest BCUT2D eigenvalue weighted by atomic mass is 9.97. The summed E-state index contributed by atoms with van der Waals surface area (Å²) in [6.07, 6.45) is 3.97. The molecule has 182 valence electrons. The topological polar surface area (TPSA) is 85.9 Å². The molecule has 0 radical (unpaired) electrons. The summed E-state index contributed by atoms with van der Waals surface area (Å²) in [4.78, 5) is 28.6. The number of hydrogen-bond acceptors (Lipinski definition) is 4. The number of halogens is 2. The number of urea groups is 2. The Hall–Kier alpha value is -1.74. The number of carbonyl (C=O) groups is 2. The van der Waals surface area contributed by atoms with Crippen molar-refractivity contribution in [1.29, 1.82) is 0 Å². The molecule has 0 unspecified atom stereocenters. The van der Waals surface area contributed by atoms with Crippen LogP contribution in [-0.4, -0.2) is 79.9 Å². The molecule has 0 bridgehead atoms. The molecule has 1 aromatic rings. The van der Waals surface area contributed by atoms with Gasteiger partial charge >= 0.3 is 12.1 Å². The molecule has 2 saturated heterocycles. The second-order valence-electron chi connectivity index (χ2n) is 9.22. The molecule has 1 aromatic carbocycles. The SMILES string of the molecule is O=C(NCC1CCN(C(=O)NC2CC2)CC1)NC[C@H]1CN(Cc2ccc(Cl)c(Cl)c2)CCO1. The number of carbonyl (C=O) groups excluding carboxylic acids is 2. The third-order valence-corrected chi connectivity index (χ3v) is 7.20. The molecule has 2 aliphatic heterocycles. The second-order valence-corrected chi connectivity index (χ2v) is 10.0. The Morgan fingerprint density at radius 3 is 2.48 bits per heavy atom. The van der Waals surface area contributed by atoms with Crippen molar-refractivity contribution in [3.63, 3.8) is 0 Å². The molecule has 4 rings (SSSR count). The van der Waals surface area contributed by atoms with E-state index in [1.165, 1.54) is 0 Å². The number of nitrogens with zero attached hydrogens (tertiary/aromatic N) is 2. The summed E-state index contributed by atoms with van der Waals surface area (Å²) in [6.45, 7) is 5.54. The summed E-state index contributed by atoms with van der Waals surface area (Å²) >= 11 is 12.1. The van der Waals surface area contributed by atoms with Crippen LogP contribution in [0.2, 0.25) is 10.0 Å². The Bertz CT molecular complexity index is 830. The van der Waals surface area contributed by atoms with E-state index in [2.05, 4.69) is 20.9 Å². The highest BCUT2D eigenvalue weighted by Gasteiger charge is 2.28. The van der Waals surface area contributed by atoms with Crippen LogP contribution in [-0.2, 0) is 11.3 Å². The van der Waals surface area contributed by atoms with Crippen LogP contribution >= 0.6 is 23.2 Å². The van der Waals surface area contributed by atoms with E-state index in [9.17, 15) is 9.59 Å². The van der Waals surface area contributed by atoms with Crippen LogP contribution in [0.15, 0.2) is 18.2 Å². The molecule has 3 N–H and O–H groups in total. The lowest BCUT2D eigenvalue weighted by Crippen LogP contribution is -2.50. The summed E-state index contributed by atoms with van der Waals surface area (Å²) in [5.74, 6) is 0.397. The third-order valence-electron chi connectivity index (χ3n) is 6.46. The lowest BCUT2D eigenvalue weighted by Gasteiger charge is -2.33. The van der Waals surface area contributed by atoms with Gasteiger partial charge in [0.2, 0.25) is 0 Å². The number of amides is 4. The van der Waals surface area contributed by atoms with E-state index in [-0.39, 0.29) is 18.2 Å². The Morgan fingerprint density at radius 2 is 1.76 bits per heavy atom. The Labute approximate surface area is 205 Å². The van der Waals surface area contributed by atoms with Crippen LogP contribution < -0.4 is 16.0 Å². The molecule has 8 nitrogen and oxygen atoms in total. The summed E-state index contributed by atoms with van der Waals surface area (Å²) < 4.78 is 5.82. The van der Waals surface area contributed by atoms with E-state index < -0.39 is 0 Å². The summed E-state index contributed by atoms with van der Waals surface area (Å²) in [7, 11) is 0. The van der Waals surface area contributed by atoms with E-state index in [0.29, 0.717) is 41.7 Å². The van der Waals surface area contributed by atoms with E-state index in [1.807, 2.05) is 23.1 Å². The fraction of sp³-hybridized carbons (Fsp3) is 0.652. The minimum Gasteiger partial charge on any atom is -0.374 e. The van der Waals surface area contributed by atoms with E-state index in [1.54, 1.807) is 0 Å². The highest BCUT2D eigenvalue weighted by Crippen LogP contribution is 2.24. The zero-order valence-electron chi connectivity index (χ0n) is 18.8. The van der Waals surface area contributed by atoms with Crippen LogP contribution in [0.3, 0.4) is 0 Å². The van der Waals surface area contributed by atoms with Gasteiger partial charge in [0.25, 0.3) is 0 Å². The number of benzene rings is 1. The van der Waals surface area contributed by atoms with Gasteiger partial charge in [0.05, 0.1) is 22.8 Å². The van der Waals surface area contributed by atoms with Gasteiger partial charge in [-0.3, -0.25) is 4.90 Å². The average molecular weight is 498 g/mol. The van der Waals surface area contributed by atoms with Crippen molar-refractivity contribution in [3.8, 4) is 0 Å². The number of rotatable bonds is 7. The molecule has 0 aromatic heterocycles. The molecule has 3 aliphatic rings. The number of hydrogen-bond donors (Lipinski definition) is 3. The highest BCUT2D eigenvalue weighted by molar-refractivity contribution is 6.42. The lowest BCUT2D eigenvalue weighted by molar-refractivity contribution is -0.0287. The molecular formula is C23H33Cl2N5O3.